The number of anilines is 2. The van der Waals surface area contributed by atoms with E-state index in [1.807, 2.05) is 36.4 Å². The van der Waals surface area contributed by atoms with Gasteiger partial charge in [0.15, 0.2) is 18.1 Å². The molecule has 4 rings (SSSR count). The number of nitrogens with two attached hydrogens (primary N) is 1. The molecule has 28 heavy (non-hydrogen) atoms. The van der Waals surface area contributed by atoms with Crippen molar-refractivity contribution in [1.29, 1.82) is 0 Å². The molecule has 3 N–H and O–H groups in total. The van der Waals surface area contributed by atoms with Crippen molar-refractivity contribution in [2.75, 3.05) is 17.8 Å². The fraction of sp³-hybridized carbons (Fsp3) is 0.100. The van der Waals surface area contributed by atoms with E-state index in [0.29, 0.717) is 22.0 Å². The highest BCUT2D eigenvalue weighted by Crippen LogP contribution is 2.32. The van der Waals surface area contributed by atoms with E-state index in [4.69, 9.17) is 20.0 Å². The highest BCUT2D eigenvalue weighted by molar-refractivity contribution is 7.14. The van der Waals surface area contributed by atoms with Crippen LogP contribution in [-0.2, 0) is 11.4 Å². The van der Waals surface area contributed by atoms with E-state index >= 15 is 0 Å². The molecule has 0 saturated carbocycles. The van der Waals surface area contributed by atoms with Gasteiger partial charge in [-0.1, -0.05) is 17.3 Å². The smallest absolute Gasteiger partial charge is 0.265 e. The van der Waals surface area contributed by atoms with Crippen molar-refractivity contribution in [1.82, 2.24) is 0 Å². The highest BCUT2D eigenvalue weighted by atomic mass is 32.1. The molecule has 0 spiro atoms. The summed E-state index contributed by atoms with van der Waals surface area (Å²) in [6.45, 7) is 0.504. The molecule has 0 saturated heterocycles. The third-order valence-electron chi connectivity index (χ3n) is 3.97. The van der Waals surface area contributed by atoms with Crippen LogP contribution in [0.4, 0.5) is 11.4 Å². The molecule has 2 heterocycles. The summed E-state index contributed by atoms with van der Waals surface area (Å²) in [6, 6.07) is 16.2. The summed E-state index contributed by atoms with van der Waals surface area (Å²) in [5.74, 6) is 1.20. The fourth-order valence-corrected chi connectivity index (χ4v) is 3.37. The quantitative estimate of drug-likeness (QED) is 0.375. The number of hydrogen-bond acceptors (Lipinski definition) is 7. The first kappa shape index (κ1) is 17.9. The molecule has 142 valence electrons. The number of benzene rings is 2. The number of hydrogen-bond donors (Lipinski definition) is 2. The Balaban J connectivity index is 1.31. The molecular weight excluding hydrogens is 378 g/mol. The molecule has 0 atom stereocenters. The van der Waals surface area contributed by atoms with Crippen molar-refractivity contribution in [3.63, 3.8) is 0 Å². The van der Waals surface area contributed by atoms with Crippen LogP contribution in [0.5, 0.6) is 11.5 Å². The molecule has 0 unspecified atom stereocenters. The van der Waals surface area contributed by atoms with E-state index in [9.17, 15) is 4.79 Å². The number of nitrogens with zero attached hydrogens (tertiary/aromatic N) is 1. The lowest BCUT2D eigenvalue weighted by Crippen LogP contribution is -2.11. The van der Waals surface area contributed by atoms with Crippen LogP contribution in [0.1, 0.15) is 20.1 Å². The standard InChI is InChI=1S/C20H17N3O4S/c21-15-3-1-2-4-16(15)23-20(24)19-8-6-14(28-19)11-27-22-10-13-5-7-17-18(9-13)26-12-25-17/h1-10H,11-12,21H2,(H,23,24)/b22-10+. The number of ether oxygens (including phenoxy) is 2. The molecule has 1 aromatic heterocycles. The zero-order valence-electron chi connectivity index (χ0n) is 14.8. The van der Waals surface area contributed by atoms with Gasteiger partial charge in [0, 0.05) is 10.4 Å². The number of oxime groups is 1. The van der Waals surface area contributed by atoms with Gasteiger partial charge in [-0.3, -0.25) is 4.79 Å². The summed E-state index contributed by atoms with van der Waals surface area (Å²) in [5.41, 5.74) is 7.80. The fourth-order valence-electron chi connectivity index (χ4n) is 2.56. The number of amides is 1. The number of carbonyl (C=O) groups is 1. The maximum absolute atomic E-state index is 12.3. The van der Waals surface area contributed by atoms with Crippen molar-refractivity contribution in [2.24, 2.45) is 5.16 Å². The highest BCUT2D eigenvalue weighted by Gasteiger charge is 2.13. The van der Waals surface area contributed by atoms with Gasteiger partial charge in [-0.15, -0.1) is 11.3 Å². The Morgan fingerprint density at radius 3 is 2.93 bits per heavy atom. The lowest BCUT2D eigenvalue weighted by molar-refractivity contribution is 0.103. The van der Waals surface area contributed by atoms with E-state index in [0.717, 1.165) is 16.2 Å². The van der Waals surface area contributed by atoms with Crippen molar-refractivity contribution in [2.45, 2.75) is 6.61 Å². The first-order chi connectivity index (χ1) is 13.7. The van der Waals surface area contributed by atoms with Crippen molar-refractivity contribution >= 4 is 34.8 Å². The minimum Gasteiger partial charge on any atom is -0.454 e. The van der Waals surface area contributed by atoms with E-state index in [-0.39, 0.29) is 19.3 Å². The van der Waals surface area contributed by atoms with Crippen LogP contribution >= 0.6 is 11.3 Å². The minimum absolute atomic E-state index is 0.210. The second-order valence-electron chi connectivity index (χ2n) is 5.93. The number of para-hydroxylation sites is 2. The van der Waals surface area contributed by atoms with E-state index < -0.39 is 0 Å². The van der Waals surface area contributed by atoms with E-state index in [1.165, 1.54) is 11.3 Å². The van der Waals surface area contributed by atoms with Crippen molar-refractivity contribution in [3.8, 4) is 11.5 Å². The molecule has 0 bridgehead atoms. The zero-order chi connectivity index (χ0) is 19.3. The largest absolute Gasteiger partial charge is 0.454 e. The molecule has 0 radical (unpaired) electrons. The SMILES string of the molecule is Nc1ccccc1NC(=O)c1ccc(CO/N=C/c2ccc3c(c2)OCO3)s1. The number of fused-ring (bicyclic) bond motifs is 1. The van der Waals surface area contributed by atoms with E-state index in [2.05, 4.69) is 10.5 Å². The van der Waals surface area contributed by atoms with Gasteiger partial charge >= 0.3 is 0 Å². The second kappa shape index (κ2) is 8.01. The number of carbonyl (C=O) groups excluding carboxylic acids is 1. The predicted molar refractivity (Wildman–Crippen MR) is 108 cm³/mol. The van der Waals surface area contributed by atoms with Gasteiger partial charge < -0.3 is 25.4 Å². The van der Waals surface area contributed by atoms with Gasteiger partial charge in [-0.2, -0.15) is 0 Å². The first-order valence-electron chi connectivity index (χ1n) is 8.48. The van der Waals surface area contributed by atoms with Crippen molar-refractivity contribution in [3.05, 3.63) is 69.9 Å². The van der Waals surface area contributed by atoms with Gasteiger partial charge in [0.1, 0.15) is 0 Å². The predicted octanol–water partition coefficient (Wildman–Crippen LogP) is 3.86. The number of rotatable bonds is 6. The van der Waals surface area contributed by atoms with Gasteiger partial charge in [-0.05, 0) is 42.5 Å². The van der Waals surface area contributed by atoms with E-state index in [1.54, 1.807) is 24.4 Å². The molecule has 0 fully saturated rings. The molecular formula is C20H17N3O4S. The maximum Gasteiger partial charge on any atom is 0.265 e. The summed E-state index contributed by atoms with van der Waals surface area (Å²) < 4.78 is 10.6. The van der Waals surface area contributed by atoms with Crippen LogP contribution in [0.25, 0.3) is 0 Å². The van der Waals surface area contributed by atoms with Gasteiger partial charge in [-0.25, -0.2) is 0 Å². The summed E-state index contributed by atoms with van der Waals surface area (Å²) in [4.78, 5) is 19.1. The lowest BCUT2D eigenvalue weighted by Gasteiger charge is -2.06. The molecule has 1 aliphatic heterocycles. The average Bonchev–Trinajstić information content (AvgIpc) is 3.36. The molecule has 3 aromatic rings. The number of nitrogen functional groups attached to an aromatic ring is 1. The Kier molecular flexibility index (Phi) is 5.11. The Labute approximate surface area is 165 Å². The van der Waals surface area contributed by atoms with Crippen LogP contribution in [0.3, 0.4) is 0 Å². The van der Waals surface area contributed by atoms with Crippen LogP contribution in [0, 0.1) is 0 Å². The molecule has 1 aliphatic rings. The third-order valence-corrected chi connectivity index (χ3v) is 5.03. The summed E-state index contributed by atoms with van der Waals surface area (Å²) in [6.07, 6.45) is 1.60. The Morgan fingerprint density at radius 1 is 1.18 bits per heavy atom. The average molecular weight is 395 g/mol. The lowest BCUT2D eigenvalue weighted by atomic mass is 10.2. The maximum atomic E-state index is 12.3. The Bertz CT molecular complexity index is 1030. The monoisotopic (exact) mass is 395 g/mol. The van der Waals surface area contributed by atoms with Crippen LogP contribution in [0.15, 0.2) is 59.8 Å². The van der Waals surface area contributed by atoms with Crippen LogP contribution in [-0.4, -0.2) is 18.9 Å². The third kappa shape index (κ3) is 4.07. The van der Waals surface area contributed by atoms with Crippen LogP contribution in [0.2, 0.25) is 0 Å². The summed E-state index contributed by atoms with van der Waals surface area (Å²) in [5, 5.41) is 6.77. The number of thiophene rings is 1. The minimum atomic E-state index is -0.210. The Hall–Kier alpha value is -3.52. The van der Waals surface area contributed by atoms with Crippen LogP contribution < -0.4 is 20.5 Å². The van der Waals surface area contributed by atoms with Gasteiger partial charge in [0.25, 0.3) is 5.91 Å². The summed E-state index contributed by atoms with van der Waals surface area (Å²) >= 11 is 1.34. The van der Waals surface area contributed by atoms with Crippen molar-refractivity contribution < 1.29 is 19.1 Å². The molecule has 7 nitrogen and oxygen atoms in total. The normalized spacial score (nSPS) is 12.3. The molecule has 8 heteroatoms. The molecule has 1 amide bonds. The molecule has 2 aromatic carbocycles. The van der Waals surface area contributed by atoms with Gasteiger partial charge in [0.05, 0.1) is 22.5 Å². The topological polar surface area (TPSA) is 95.2 Å². The van der Waals surface area contributed by atoms with Gasteiger partial charge in [0.2, 0.25) is 6.79 Å². The molecule has 0 aliphatic carbocycles. The Morgan fingerprint density at radius 2 is 2.04 bits per heavy atom. The summed E-state index contributed by atoms with van der Waals surface area (Å²) in [7, 11) is 0. The first-order valence-corrected chi connectivity index (χ1v) is 9.30. The zero-order valence-corrected chi connectivity index (χ0v) is 15.6. The second-order valence-corrected chi connectivity index (χ2v) is 7.10. The number of nitrogens with one attached hydrogen (secondary N) is 1.